The maximum Gasteiger partial charge on any atom is 0.131 e. The summed E-state index contributed by atoms with van der Waals surface area (Å²) in [5.41, 5.74) is 2.76. The molecule has 1 heterocycles. The van der Waals surface area contributed by atoms with Crippen LogP contribution in [-0.2, 0) is 6.54 Å². The molecule has 2 aromatic rings. The van der Waals surface area contributed by atoms with E-state index in [0.717, 1.165) is 17.7 Å². The second kappa shape index (κ2) is 5.43. The summed E-state index contributed by atoms with van der Waals surface area (Å²) >= 11 is 1.58. The molecule has 1 aromatic carbocycles. The second-order valence-electron chi connectivity index (χ2n) is 4.36. The first-order valence-corrected chi connectivity index (χ1v) is 6.65. The highest BCUT2D eigenvalue weighted by molar-refractivity contribution is 7.08. The van der Waals surface area contributed by atoms with Crippen LogP contribution in [0.25, 0.3) is 11.1 Å². The lowest BCUT2D eigenvalue weighted by Gasteiger charge is -2.09. The molecule has 0 saturated carbocycles. The molecule has 1 N–H and O–H groups in total. The smallest absolute Gasteiger partial charge is 0.131 e. The van der Waals surface area contributed by atoms with Gasteiger partial charge in [0.1, 0.15) is 5.82 Å². The van der Waals surface area contributed by atoms with Crippen LogP contribution in [0.4, 0.5) is 4.39 Å². The molecule has 90 valence electrons. The van der Waals surface area contributed by atoms with Crippen molar-refractivity contribution in [1.29, 1.82) is 0 Å². The first kappa shape index (κ1) is 12.3. The van der Waals surface area contributed by atoms with Crippen molar-refractivity contribution < 1.29 is 4.39 Å². The Morgan fingerprint density at radius 2 is 2.12 bits per heavy atom. The molecule has 0 amide bonds. The number of hydrogen-bond donors (Lipinski definition) is 1. The minimum absolute atomic E-state index is 0.156. The van der Waals surface area contributed by atoms with Crippen LogP contribution in [0.3, 0.4) is 0 Å². The van der Waals surface area contributed by atoms with Crippen molar-refractivity contribution in [2.45, 2.75) is 26.4 Å². The van der Waals surface area contributed by atoms with Crippen LogP contribution < -0.4 is 5.32 Å². The zero-order chi connectivity index (χ0) is 12.3. The van der Waals surface area contributed by atoms with E-state index in [4.69, 9.17) is 0 Å². The minimum atomic E-state index is -0.156. The fourth-order valence-electron chi connectivity index (χ4n) is 1.64. The van der Waals surface area contributed by atoms with Gasteiger partial charge in [0, 0.05) is 18.2 Å². The van der Waals surface area contributed by atoms with Crippen LogP contribution in [0, 0.1) is 5.82 Å². The molecule has 0 radical (unpaired) electrons. The average molecular weight is 249 g/mol. The Morgan fingerprint density at radius 1 is 1.29 bits per heavy atom. The monoisotopic (exact) mass is 249 g/mol. The molecule has 0 bridgehead atoms. The van der Waals surface area contributed by atoms with Crippen LogP contribution >= 0.6 is 11.3 Å². The molecule has 0 saturated heterocycles. The van der Waals surface area contributed by atoms with Crippen molar-refractivity contribution in [1.82, 2.24) is 5.32 Å². The van der Waals surface area contributed by atoms with Gasteiger partial charge < -0.3 is 5.32 Å². The fraction of sp³-hybridized carbons (Fsp3) is 0.286. The Morgan fingerprint density at radius 3 is 2.76 bits per heavy atom. The highest BCUT2D eigenvalue weighted by atomic mass is 32.1. The lowest BCUT2D eigenvalue weighted by atomic mass is 10.1. The molecule has 0 aliphatic rings. The Labute approximate surface area is 105 Å². The zero-order valence-corrected chi connectivity index (χ0v) is 10.9. The average Bonchev–Trinajstić information content (AvgIpc) is 2.81. The number of hydrogen-bond acceptors (Lipinski definition) is 2. The molecule has 0 aliphatic heterocycles. The molecule has 3 heteroatoms. The molecular formula is C14H16FNS. The van der Waals surface area contributed by atoms with Crippen LogP contribution in [-0.4, -0.2) is 6.04 Å². The van der Waals surface area contributed by atoms with E-state index < -0.39 is 0 Å². The first-order chi connectivity index (χ1) is 8.16. The van der Waals surface area contributed by atoms with Gasteiger partial charge in [-0.05, 0) is 40.1 Å². The minimum Gasteiger partial charge on any atom is -0.310 e. The van der Waals surface area contributed by atoms with Gasteiger partial charge >= 0.3 is 0 Å². The highest BCUT2D eigenvalue weighted by Gasteiger charge is 2.06. The largest absolute Gasteiger partial charge is 0.310 e. The number of halogens is 1. The van der Waals surface area contributed by atoms with Gasteiger partial charge in [-0.3, -0.25) is 0 Å². The van der Waals surface area contributed by atoms with Gasteiger partial charge in [-0.2, -0.15) is 11.3 Å². The first-order valence-electron chi connectivity index (χ1n) is 5.71. The lowest BCUT2D eigenvalue weighted by molar-refractivity contribution is 0.586. The molecule has 2 rings (SSSR count). The van der Waals surface area contributed by atoms with Gasteiger partial charge in [0.05, 0.1) is 0 Å². The summed E-state index contributed by atoms with van der Waals surface area (Å²) in [6.07, 6.45) is 0. The molecule has 0 fully saturated rings. The Balaban J connectivity index is 2.24. The second-order valence-corrected chi connectivity index (χ2v) is 5.14. The van der Waals surface area contributed by atoms with E-state index in [1.54, 1.807) is 17.4 Å². The van der Waals surface area contributed by atoms with Crippen molar-refractivity contribution in [3.8, 4) is 11.1 Å². The summed E-state index contributed by atoms with van der Waals surface area (Å²) in [4.78, 5) is 0. The molecular weight excluding hydrogens is 233 g/mol. The molecule has 0 aliphatic carbocycles. The quantitative estimate of drug-likeness (QED) is 0.862. The SMILES string of the molecule is CC(C)NCc1ccc(F)c(-c2ccsc2)c1. The van der Waals surface area contributed by atoms with Gasteiger partial charge in [-0.1, -0.05) is 19.9 Å². The lowest BCUT2D eigenvalue weighted by Crippen LogP contribution is -2.21. The Kier molecular flexibility index (Phi) is 3.92. The number of benzene rings is 1. The summed E-state index contributed by atoms with van der Waals surface area (Å²) in [6, 6.07) is 7.69. The van der Waals surface area contributed by atoms with E-state index >= 15 is 0 Å². The number of thiophene rings is 1. The summed E-state index contributed by atoms with van der Waals surface area (Å²) in [6.45, 7) is 4.97. The number of rotatable bonds is 4. The van der Waals surface area contributed by atoms with E-state index in [2.05, 4.69) is 19.2 Å². The topological polar surface area (TPSA) is 12.0 Å². The van der Waals surface area contributed by atoms with Crippen molar-refractivity contribution >= 4 is 11.3 Å². The molecule has 0 unspecified atom stereocenters. The van der Waals surface area contributed by atoms with Crippen molar-refractivity contribution in [2.75, 3.05) is 0 Å². The van der Waals surface area contributed by atoms with Gasteiger partial charge in [0.15, 0.2) is 0 Å². The fourth-order valence-corrected chi connectivity index (χ4v) is 2.30. The van der Waals surface area contributed by atoms with Crippen molar-refractivity contribution in [3.05, 3.63) is 46.4 Å². The van der Waals surface area contributed by atoms with E-state index in [1.165, 1.54) is 0 Å². The van der Waals surface area contributed by atoms with Gasteiger partial charge in [-0.25, -0.2) is 4.39 Å². The van der Waals surface area contributed by atoms with Gasteiger partial charge in [0.2, 0.25) is 0 Å². The standard InChI is InChI=1S/C14H16FNS/c1-10(2)16-8-11-3-4-14(15)13(7-11)12-5-6-17-9-12/h3-7,9-10,16H,8H2,1-2H3. The predicted molar refractivity (Wildman–Crippen MR) is 71.7 cm³/mol. The maximum absolute atomic E-state index is 13.7. The normalized spacial score (nSPS) is 11.1. The maximum atomic E-state index is 13.7. The third-order valence-electron chi connectivity index (χ3n) is 2.58. The summed E-state index contributed by atoms with van der Waals surface area (Å²) < 4.78 is 13.7. The van der Waals surface area contributed by atoms with Crippen LogP contribution in [0.2, 0.25) is 0 Å². The molecule has 17 heavy (non-hydrogen) atoms. The molecule has 1 aromatic heterocycles. The summed E-state index contributed by atoms with van der Waals surface area (Å²) in [7, 11) is 0. The van der Waals surface area contributed by atoms with E-state index in [-0.39, 0.29) is 5.82 Å². The third kappa shape index (κ3) is 3.14. The molecule has 1 nitrogen and oxygen atoms in total. The molecule has 0 atom stereocenters. The van der Waals surface area contributed by atoms with Crippen LogP contribution in [0.5, 0.6) is 0 Å². The summed E-state index contributed by atoms with van der Waals surface area (Å²) in [5, 5.41) is 7.27. The van der Waals surface area contributed by atoms with Crippen molar-refractivity contribution in [3.63, 3.8) is 0 Å². The predicted octanol–water partition coefficient (Wildman–Crippen LogP) is 4.05. The Hall–Kier alpha value is -1.19. The third-order valence-corrected chi connectivity index (χ3v) is 3.26. The van der Waals surface area contributed by atoms with Crippen LogP contribution in [0.1, 0.15) is 19.4 Å². The zero-order valence-electron chi connectivity index (χ0n) is 10.0. The Bertz CT molecular complexity index is 477. The van der Waals surface area contributed by atoms with E-state index in [1.807, 2.05) is 29.0 Å². The van der Waals surface area contributed by atoms with E-state index in [9.17, 15) is 4.39 Å². The van der Waals surface area contributed by atoms with Crippen molar-refractivity contribution in [2.24, 2.45) is 0 Å². The van der Waals surface area contributed by atoms with Crippen LogP contribution in [0.15, 0.2) is 35.0 Å². The van der Waals surface area contributed by atoms with E-state index in [0.29, 0.717) is 11.6 Å². The number of nitrogens with one attached hydrogen (secondary N) is 1. The molecule has 0 spiro atoms. The van der Waals surface area contributed by atoms with Gasteiger partial charge in [-0.15, -0.1) is 0 Å². The van der Waals surface area contributed by atoms with Gasteiger partial charge in [0.25, 0.3) is 0 Å². The highest BCUT2D eigenvalue weighted by Crippen LogP contribution is 2.26. The summed E-state index contributed by atoms with van der Waals surface area (Å²) in [5.74, 6) is -0.156.